The highest BCUT2D eigenvalue weighted by Crippen LogP contribution is 2.28. The Bertz CT molecular complexity index is 302. The molecule has 2 unspecified atom stereocenters. The first-order valence-corrected chi connectivity index (χ1v) is 6.46. The third kappa shape index (κ3) is 2.80. The van der Waals surface area contributed by atoms with E-state index in [-0.39, 0.29) is 12.4 Å². The van der Waals surface area contributed by atoms with E-state index in [1.165, 1.54) is 23.3 Å². The number of hydrogen-bond acceptors (Lipinski definition) is 3. The van der Waals surface area contributed by atoms with Gasteiger partial charge in [0.05, 0.1) is 6.10 Å². The number of thiophene rings is 1. The van der Waals surface area contributed by atoms with Gasteiger partial charge in [0.25, 0.3) is 0 Å². The SMILES string of the molecule is Cc1sccc1C(C)OC1CCCCO1. The van der Waals surface area contributed by atoms with Crippen molar-refractivity contribution in [2.24, 2.45) is 0 Å². The molecule has 1 aliphatic rings. The minimum absolute atomic E-state index is 0.00745. The molecule has 1 aromatic rings. The lowest BCUT2D eigenvalue weighted by Crippen LogP contribution is -2.23. The predicted molar refractivity (Wildman–Crippen MR) is 62.1 cm³/mol. The van der Waals surface area contributed by atoms with E-state index in [1.807, 2.05) is 0 Å². The predicted octanol–water partition coefficient (Wildman–Crippen LogP) is 3.66. The first kappa shape index (κ1) is 11.1. The van der Waals surface area contributed by atoms with E-state index in [2.05, 4.69) is 25.3 Å². The highest BCUT2D eigenvalue weighted by atomic mass is 32.1. The molecule has 0 bridgehead atoms. The lowest BCUT2D eigenvalue weighted by Gasteiger charge is -2.26. The first-order chi connectivity index (χ1) is 7.27. The maximum absolute atomic E-state index is 5.90. The second-order valence-electron chi connectivity index (χ2n) is 4.01. The van der Waals surface area contributed by atoms with E-state index in [0.717, 1.165) is 13.0 Å². The van der Waals surface area contributed by atoms with E-state index in [1.54, 1.807) is 11.3 Å². The van der Waals surface area contributed by atoms with E-state index < -0.39 is 0 Å². The van der Waals surface area contributed by atoms with Gasteiger partial charge in [-0.15, -0.1) is 11.3 Å². The molecule has 2 rings (SSSR count). The topological polar surface area (TPSA) is 18.5 Å². The lowest BCUT2D eigenvalue weighted by molar-refractivity contribution is -0.186. The van der Waals surface area contributed by atoms with Crippen molar-refractivity contribution < 1.29 is 9.47 Å². The molecule has 1 aromatic heterocycles. The fraction of sp³-hybridized carbons (Fsp3) is 0.667. The second-order valence-corrected chi connectivity index (χ2v) is 5.13. The van der Waals surface area contributed by atoms with Crippen molar-refractivity contribution >= 4 is 11.3 Å². The van der Waals surface area contributed by atoms with Crippen molar-refractivity contribution in [2.45, 2.75) is 45.5 Å². The Balaban J connectivity index is 1.91. The van der Waals surface area contributed by atoms with Crippen LogP contribution < -0.4 is 0 Å². The molecule has 1 aliphatic heterocycles. The molecule has 3 heteroatoms. The van der Waals surface area contributed by atoms with Crippen LogP contribution in [0.3, 0.4) is 0 Å². The van der Waals surface area contributed by atoms with Gasteiger partial charge in [-0.2, -0.15) is 0 Å². The summed E-state index contributed by atoms with van der Waals surface area (Å²) in [7, 11) is 0. The highest BCUT2D eigenvalue weighted by molar-refractivity contribution is 7.10. The Morgan fingerprint density at radius 1 is 1.53 bits per heavy atom. The van der Waals surface area contributed by atoms with Crippen LogP contribution in [0.2, 0.25) is 0 Å². The summed E-state index contributed by atoms with van der Waals surface area (Å²) in [6.07, 6.45) is 3.59. The monoisotopic (exact) mass is 226 g/mol. The van der Waals surface area contributed by atoms with Crippen LogP contribution in [0, 0.1) is 6.92 Å². The van der Waals surface area contributed by atoms with Crippen LogP contribution in [0.5, 0.6) is 0 Å². The summed E-state index contributed by atoms with van der Waals surface area (Å²) in [5.41, 5.74) is 1.30. The molecule has 0 saturated carbocycles. The van der Waals surface area contributed by atoms with Gasteiger partial charge in [-0.1, -0.05) is 0 Å². The maximum Gasteiger partial charge on any atom is 0.158 e. The Labute approximate surface area is 95.2 Å². The number of aryl methyl sites for hydroxylation is 1. The summed E-state index contributed by atoms with van der Waals surface area (Å²) in [4.78, 5) is 1.35. The van der Waals surface area contributed by atoms with Crippen LogP contribution in [0.1, 0.15) is 42.7 Å². The van der Waals surface area contributed by atoms with Gasteiger partial charge in [-0.3, -0.25) is 0 Å². The molecule has 0 aliphatic carbocycles. The zero-order chi connectivity index (χ0) is 10.7. The average molecular weight is 226 g/mol. The van der Waals surface area contributed by atoms with Crippen LogP contribution in [0.25, 0.3) is 0 Å². The van der Waals surface area contributed by atoms with Gasteiger partial charge in [0.15, 0.2) is 6.29 Å². The summed E-state index contributed by atoms with van der Waals surface area (Å²) in [6, 6.07) is 2.15. The minimum Gasteiger partial charge on any atom is -0.353 e. The average Bonchev–Trinajstić information content (AvgIpc) is 2.66. The molecule has 1 fully saturated rings. The second kappa shape index (κ2) is 5.10. The van der Waals surface area contributed by atoms with Gasteiger partial charge in [0.2, 0.25) is 0 Å². The molecular formula is C12H18O2S. The van der Waals surface area contributed by atoms with Crippen molar-refractivity contribution in [1.29, 1.82) is 0 Å². The van der Waals surface area contributed by atoms with Crippen LogP contribution in [0.15, 0.2) is 11.4 Å². The molecule has 15 heavy (non-hydrogen) atoms. The van der Waals surface area contributed by atoms with Gasteiger partial charge < -0.3 is 9.47 Å². The summed E-state index contributed by atoms with van der Waals surface area (Å²) < 4.78 is 11.5. The first-order valence-electron chi connectivity index (χ1n) is 5.58. The number of hydrogen-bond donors (Lipinski definition) is 0. The molecule has 2 heterocycles. The standard InChI is InChI=1S/C12H18O2S/c1-9(11-6-8-15-10(11)2)14-12-5-3-4-7-13-12/h6,8-9,12H,3-5,7H2,1-2H3. The number of rotatable bonds is 3. The molecule has 2 nitrogen and oxygen atoms in total. The molecule has 0 radical (unpaired) electrons. The third-order valence-corrected chi connectivity index (χ3v) is 3.69. The molecule has 0 N–H and O–H groups in total. The van der Waals surface area contributed by atoms with Crippen LogP contribution in [0.4, 0.5) is 0 Å². The molecule has 0 spiro atoms. The molecule has 84 valence electrons. The molecule has 2 atom stereocenters. The summed E-state index contributed by atoms with van der Waals surface area (Å²) in [5, 5.41) is 2.12. The summed E-state index contributed by atoms with van der Waals surface area (Å²) in [6.45, 7) is 5.09. The van der Waals surface area contributed by atoms with Gasteiger partial charge in [-0.25, -0.2) is 0 Å². The van der Waals surface area contributed by atoms with Gasteiger partial charge in [0, 0.05) is 11.5 Å². The number of ether oxygens (including phenoxy) is 2. The van der Waals surface area contributed by atoms with Gasteiger partial charge in [-0.05, 0) is 50.1 Å². The quantitative estimate of drug-likeness (QED) is 0.783. The third-order valence-electron chi connectivity index (χ3n) is 2.83. The van der Waals surface area contributed by atoms with E-state index >= 15 is 0 Å². The van der Waals surface area contributed by atoms with Crippen molar-refractivity contribution in [3.8, 4) is 0 Å². The van der Waals surface area contributed by atoms with E-state index in [9.17, 15) is 0 Å². The fourth-order valence-electron chi connectivity index (χ4n) is 1.94. The Kier molecular flexibility index (Phi) is 3.78. The van der Waals surface area contributed by atoms with E-state index in [4.69, 9.17) is 9.47 Å². The van der Waals surface area contributed by atoms with Crippen molar-refractivity contribution in [2.75, 3.05) is 6.61 Å². The Morgan fingerprint density at radius 2 is 2.40 bits per heavy atom. The largest absolute Gasteiger partial charge is 0.353 e. The van der Waals surface area contributed by atoms with E-state index in [0.29, 0.717) is 0 Å². The highest BCUT2D eigenvalue weighted by Gasteiger charge is 2.19. The molecule has 0 amide bonds. The molecule has 0 aromatic carbocycles. The molecular weight excluding hydrogens is 208 g/mol. The van der Waals surface area contributed by atoms with Crippen molar-refractivity contribution in [1.82, 2.24) is 0 Å². The Morgan fingerprint density at radius 3 is 3.00 bits per heavy atom. The van der Waals surface area contributed by atoms with Crippen LogP contribution in [-0.2, 0) is 9.47 Å². The maximum atomic E-state index is 5.90. The van der Waals surface area contributed by atoms with Crippen molar-refractivity contribution in [3.05, 3.63) is 21.9 Å². The lowest BCUT2D eigenvalue weighted by atomic mass is 10.1. The van der Waals surface area contributed by atoms with Crippen LogP contribution >= 0.6 is 11.3 Å². The van der Waals surface area contributed by atoms with Crippen molar-refractivity contribution in [3.63, 3.8) is 0 Å². The normalized spacial score (nSPS) is 24.0. The minimum atomic E-state index is 0.00745. The van der Waals surface area contributed by atoms with Gasteiger partial charge >= 0.3 is 0 Å². The summed E-state index contributed by atoms with van der Waals surface area (Å²) >= 11 is 1.77. The zero-order valence-electron chi connectivity index (χ0n) is 9.36. The zero-order valence-corrected chi connectivity index (χ0v) is 10.2. The Hall–Kier alpha value is -0.380. The smallest absolute Gasteiger partial charge is 0.158 e. The van der Waals surface area contributed by atoms with Gasteiger partial charge in [0.1, 0.15) is 0 Å². The fourth-order valence-corrected chi connectivity index (χ4v) is 2.72. The molecule has 1 saturated heterocycles. The van der Waals surface area contributed by atoms with Crippen LogP contribution in [-0.4, -0.2) is 12.9 Å². The summed E-state index contributed by atoms with van der Waals surface area (Å²) in [5.74, 6) is 0.